The van der Waals surface area contributed by atoms with E-state index in [1.165, 1.54) is 60.6 Å². The highest BCUT2D eigenvalue weighted by Crippen LogP contribution is 2.38. The van der Waals surface area contributed by atoms with Crippen molar-refractivity contribution in [3.8, 4) is 33.4 Å². The summed E-state index contributed by atoms with van der Waals surface area (Å²) in [5, 5.41) is 5.04. The third kappa shape index (κ3) is 6.55. The lowest BCUT2D eigenvalue weighted by Crippen LogP contribution is -2.10. The van der Waals surface area contributed by atoms with Crippen molar-refractivity contribution in [2.24, 2.45) is 0 Å². The van der Waals surface area contributed by atoms with E-state index in [2.05, 4.69) is 229 Å². The Bertz CT molecular complexity index is 2550. The van der Waals surface area contributed by atoms with Crippen LogP contribution in [0.1, 0.15) is 0 Å². The molecule has 0 saturated heterocycles. The van der Waals surface area contributed by atoms with Gasteiger partial charge in [-0.25, -0.2) is 0 Å². The molecule has 0 aliphatic rings. The molecule has 9 rings (SSSR count). The van der Waals surface area contributed by atoms with E-state index in [1.54, 1.807) is 0 Å². The zero-order valence-corrected chi connectivity index (χ0v) is 29.6. The molecule has 0 N–H and O–H groups in total. The van der Waals surface area contributed by atoms with E-state index >= 15 is 0 Å². The maximum Gasteiger partial charge on any atom is 0.0462 e. The Hall–Kier alpha value is -6.90. The predicted octanol–water partition coefficient (Wildman–Crippen LogP) is 14.2. The van der Waals surface area contributed by atoms with Crippen molar-refractivity contribution in [1.82, 2.24) is 0 Å². The third-order valence-electron chi connectivity index (χ3n) is 10.3. The highest BCUT2D eigenvalue weighted by molar-refractivity contribution is 5.99. The quantitative estimate of drug-likeness (QED) is 0.148. The topological polar surface area (TPSA) is 6.48 Å². The summed E-state index contributed by atoms with van der Waals surface area (Å²) in [6, 6.07) is 76.4. The number of rotatable bonds is 8. The average Bonchev–Trinajstić information content (AvgIpc) is 3.24. The molecule has 53 heavy (non-hydrogen) atoms. The van der Waals surface area contributed by atoms with Crippen molar-refractivity contribution in [2.45, 2.75) is 0 Å². The molecule has 0 spiro atoms. The maximum atomic E-state index is 2.33. The van der Waals surface area contributed by atoms with Gasteiger partial charge in [0, 0.05) is 35.5 Å². The molecule has 0 unspecified atom stereocenters. The molecule has 9 aromatic carbocycles. The second kappa shape index (κ2) is 14.0. The molecule has 9 aromatic rings. The van der Waals surface area contributed by atoms with E-state index in [1.807, 2.05) is 0 Å². The minimum Gasteiger partial charge on any atom is -0.345 e. The second-order valence-corrected chi connectivity index (χ2v) is 13.5. The molecule has 0 saturated carbocycles. The molecular formula is C51H38N2. The second-order valence-electron chi connectivity index (χ2n) is 13.5. The van der Waals surface area contributed by atoms with Gasteiger partial charge < -0.3 is 9.80 Å². The lowest BCUT2D eigenvalue weighted by atomic mass is 10.0. The minimum absolute atomic E-state index is 1.11. The van der Waals surface area contributed by atoms with Crippen LogP contribution in [0.15, 0.2) is 212 Å². The van der Waals surface area contributed by atoms with Crippen molar-refractivity contribution in [3.63, 3.8) is 0 Å². The lowest BCUT2D eigenvalue weighted by molar-refractivity contribution is 1.21. The average molecular weight is 679 g/mol. The monoisotopic (exact) mass is 678 g/mol. The van der Waals surface area contributed by atoms with Crippen LogP contribution >= 0.6 is 0 Å². The molecule has 0 heterocycles. The molecule has 0 aliphatic heterocycles. The van der Waals surface area contributed by atoms with Gasteiger partial charge in [-0.15, -0.1) is 0 Å². The van der Waals surface area contributed by atoms with Crippen LogP contribution in [0.25, 0.3) is 54.9 Å². The Kier molecular flexibility index (Phi) is 8.47. The molecule has 0 aromatic heterocycles. The number of hydrogen-bond acceptors (Lipinski definition) is 2. The van der Waals surface area contributed by atoms with E-state index < -0.39 is 0 Å². The molecular weight excluding hydrogens is 641 g/mol. The van der Waals surface area contributed by atoms with Crippen molar-refractivity contribution < 1.29 is 0 Å². The van der Waals surface area contributed by atoms with Crippen molar-refractivity contribution in [1.29, 1.82) is 0 Å². The summed E-state index contributed by atoms with van der Waals surface area (Å²) >= 11 is 0. The molecule has 0 bridgehead atoms. The van der Waals surface area contributed by atoms with Gasteiger partial charge in [0.25, 0.3) is 0 Å². The van der Waals surface area contributed by atoms with Crippen molar-refractivity contribution in [2.75, 3.05) is 16.8 Å². The standard InChI is InChI=1S/C51H38N2/c1-52(51-33-24-45-34-43-14-8-9-15-44(43)35-46(45)36-51)47-25-16-41(17-26-47)42-22-31-50(32-23-42)53(48-27-18-39(19-28-48)37-10-4-2-5-11-37)49-29-20-40(21-30-49)38-12-6-3-7-13-38/h2-36H,1H3. The van der Waals surface area contributed by atoms with Crippen LogP contribution in [0, 0.1) is 0 Å². The highest BCUT2D eigenvalue weighted by Gasteiger charge is 2.14. The van der Waals surface area contributed by atoms with Crippen LogP contribution in [-0.4, -0.2) is 7.05 Å². The van der Waals surface area contributed by atoms with E-state index in [0.717, 1.165) is 22.7 Å². The predicted molar refractivity (Wildman–Crippen MR) is 227 cm³/mol. The van der Waals surface area contributed by atoms with Gasteiger partial charge in [-0.05, 0) is 128 Å². The third-order valence-corrected chi connectivity index (χ3v) is 10.3. The molecule has 252 valence electrons. The molecule has 0 atom stereocenters. The molecule has 2 nitrogen and oxygen atoms in total. The summed E-state index contributed by atoms with van der Waals surface area (Å²) in [5.74, 6) is 0. The van der Waals surface area contributed by atoms with Crippen LogP contribution in [0.2, 0.25) is 0 Å². The summed E-state index contributed by atoms with van der Waals surface area (Å²) < 4.78 is 0. The van der Waals surface area contributed by atoms with E-state index in [9.17, 15) is 0 Å². The molecule has 0 aliphatic carbocycles. The van der Waals surface area contributed by atoms with E-state index in [-0.39, 0.29) is 0 Å². The zero-order chi connectivity index (χ0) is 35.6. The van der Waals surface area contributed by atoms with Crippen molar-refractivity contribution in [3.05, 3.63) is 212 Å². The van der Waals surface area contributed by atoms with Gasteiger partial charge in [-0.3, -0.25) is 0 Å². The normalized spacial score (nSPS) is 11.1. The first-order valence-electron chi connectivity index (χ1n) is 18.1. The number of hydrogen-bond donors (Lipinski definition) is 0. The number of nitrogens with zero attached hydrogens (tertiary/aromatic N) is 2. The Morgan fingerprint density at radius 2 is 0.566 bits per heavy atom. The van der Waals surface area contributed by atoms with Crippen LogP contribution in [0.5, 0.6) is 0 Å². The summed E-state index contributed by atoms with van der Waals surface area (Å²) in [6.07, 6.45) is 0. The van der Waals surface area contributed by atoms with Gasteiger partial charge in [-0.2, -0.15) is 0 Å². The van der Waals surface area contributed by atoms with Crippen LogP contribution in [0.4, 0.5) is 28.4 Å². The Morgan fingerprint density at radius 3 is 1.00 bits per heavy atom. The van der Waals surface area contributed by atoms with E-state index in [4.69, 9.17) is 0 Å². The van der Waals surface area contributed by atoms with Gasteiger partial charge in [-0.1, -0.05) is 140 Å². The molecule has 0 fully saturated rings. The first kappa shape index (κ1) is 32.0. The number of fused-ring (bicyclic) bond motifs is 2. The molecule has 2 heteroatoms. The van der Waals surface area contributed by atoms with E-state index in [0.29, 0.717) is 0 Å². The summed E-state index contributed by atoms with van der Waals surface area (Å²) in [7, 11) is 2.14. The SMILES string of the molecule is CN(c1ccc(-c2ccc(N(c3ccc(-c4ccccc4)cc3)c3ccc(-c4ccccc4)cc3)cc2)cc1)c1ccc2cc3ccccc3cc2c1. The zero-order valence-electron chi connectivity index (χ0n) is 29.6. The van der Waals surface area contributed by atoms with Gasteiger partial charge >= 0.3 is 0 Å². The fourth-order valence-electron chi connectivity index (χ4n) is 7.28. The van der Waals surface area contributed by atoms with Gasteiger partial charge in [0.05, 0.1) is 0 Å². The van der Waals surface area contributed by atoms with Gasteiger partial charge in [0.1, 0.15) is 0 Å². The Morgan fingerprint density at radius 1 is 0.245 bits per heavy atom. The van der Waals surface area contributed by atoms with Gasteiger partial charge in [0.15, 0.2) is 0 Å². The summed E-state index contributed by atoms with van der Waals surface area (Å²) in [6.45, 7) is 0. The smallest absolute Gasteiger partial charge is 0.0462 e. The molecule has 0 amide bonds. The molecule has 0 radical (unpaired) electrons. The Balaban J connectivity index is 0.991. The van der Waals surface area contributed by atoms with Gasteiger partial charge in [0.2, 0.25) is 0 Å². The minimum atomic E-state index is 1.11. The fourth-order valence-corrected chi connectivity index (χ4v) is 7.28. The first-order chi connectivity index (χ1) is 26.2. The summed E-state index contributed by atoms with van der Waals surface area (Å²) in [4.78, 5) is 4.59. The Labute approximate surface area is 311 Å². The first-order valence-corrected chi connectivity index (χ1v) is 18.1. The number of anilines is 5. The maximum absolute atomic E-state index is 2.33. The fraction of sp³-hybridized carbons (Fsp3) is 0.0196. The lowest BCUT2D eigenvalue weighted by Gasteiger charge is -2.26. The van der Waals surface area contributed by atoms with Crippen molar-refractivity contribution >= 4 is 50.0 Å². The van der Waals surface area contributed by atoms with Crippen LogP contribution < -0.4 is 9.80 Å². The summed E-state index contributed by atoms with van der Waals surface area (Å²) in [5.41, 5.74) is 12.8. The largest absolute Gasteiger partial charge is 0.345 e. The van der Waals surface area contributed by atoms with Crippen LogP contribution in [0.3, 0.4) is 0 Å². The number of benzene rings is 9. The van der Waals surface area contributed by atoms with Crippen LogP contribution in [-0.2, 0) is 0 Å². The highest BCUT2D eigenvalue weighted by atomic mass is 15.1.